The topological polar surface area (TPSA) is 44.5 Å². The van der Waals surface area contributed by atoms with Crippen LogP contribution in [0.25, 0.3) is 0 Å². The van der Waals surface area contributed by atoms with Gasteiger partial charge in [-0.05, 0) is 31.9 Å². The smallest absolute Gasteiger partial charge is 0.189 e. The van der Waals surface area contributed by atoms with E-state index in [2.05, 4.69) is 35.0 Å². The molecule has 1 unspecified atom stereocenters. The molecule has 0 spiro atoms. The zero-order chi connectivity index (χ0) is 12.0. The van der Waals surface area contributed by atoms with Crippen molar-refractivity contribution in [3.8, 4) is 5.75 Å². The zero-order valence-corrected chi connectivity index (χ0v) is 11.4. The van der Waals surface area contributed by atoms with E-state index in [4.69, 9.17) is 15.2 Å². The van der Waals surface area contributed by atoms with Crippen molar-refractivity contribution in [1.82, 2.24) is 0 Å². The van der Waals surface area contributed by atoms with Crippen LogP contribution in [0.4, 0.5) is 0 Å². The maximum Gasteiger partial charge on any atom is 0.189 e. The average Bonchev–Trinajstić information content (AvgIpc) is 3.09. The van der Waals surface area contributed by atoms with Crippen LogP contribution < -0.4 is 10.5 Å². The van der Waals surface area contributed by atoms with Crippen molar-refractivity contribution in [2.75, 3.05) is 6.79 Å². The summed E-state index contributed by atoms with van der Waals surface area (Å²) in [5, 5.41) is 0. The Morgan fingerprint density at radius 3 is 2.82 bits per heavy atom. The second-order valence-electron chi connectivity index (χ2n) is 5.00. The molecule has 1 atom stereocenters. The lowest BCUT2D eigenvalue weighted by molar-refractivity contribution is -0.0175. The van der Waals surface area contributed by atoms with E-state index in [0.717, 1.165) is 28.6 Å². The molecule has 0 aromatic heterocycles. The molecular weight excluding hydrogens is 282 g/mol. The van der Waals surface area contributed by atoms with Crippen molar-refractivity contribution in [1.29, 1.82) is 0 Å². The van der Waals surface area contributed by atoms with Crippen molar-refractivity contribution in [2.24, 2.45) is 5.73 Å². The van der Waals surface area contributed by atoms with Gasteiger partial charge < -0.3 is 15.2 Å². The third-order valence-corrected chi connectivity index (χ3v) is 4.33. The predicted molar refractivity (Wildman–Crippen MR) is 69.0 cm³/mol. The van der Waals surface area contributed by atoms with Crippen molar-refractivity contribution in [3.05, 3.63) is 27.7 Å². The molecule has 2 N–H and O–H groups in total. The van der Waals surface area contributed by atoms with Crippen LogP contribution in [0.2, 0.25) is 0 Å². The van der Waals surface area contributed by atoms with Crippen LogP contribution in [0.3, 0.4) is 0 Å². The number of fused-ring (bicyclic) bond motifs is 1. The highest BCUT2D eigenvalue weighted by molar-refractivity contribution is 9.10. The first kappa shape index (κ1) is 11.5. The summed E-state index contributed by atoms with van der Waals surface area (Å²) < 4.78 is 12.1. The lowest BCUT2D eigenvalue weighted by Gasteiger charge is -2.27. The maximum absolute atomic E-state index is 6.15. The number of hydrogen-bond donors (Lipinski definition) is 1. The lowest BCUT2D eigenvalue weighted by Crippen LogP contribution is -2.32. The number of halogens is 1. The van der Waals surface area contributed by atoms with Crippen LogP contribution in [0.15, 0.2) is 16.6 Å². The second kappa shape index (κ2) is 3.97. The lowest BCUT2D eigenvalue weighted by atomic mass is 9.87. The number of benzene rings is 1. The Balaban J connectivity index is 2.13. The van der Waals surface area contributed by atoms with Gasteiger partial charge in [0.05, 0.1) is 6.61 Å². The van der Waals surface area contributed by atoms with Gasteiger partial charge in [0.15, 0.2) is 6.79 Å². The summed E-state index contributed by atoms with van der Waals surface area (Å²) in [6.07, 6.45) is 2.30. The molecular formula is C13H16BrNO2. The molecule has 3 nitrogen and oxygen atoms in total. The summed E-state index contributed by atoms with van der Waals surface area (Å²) in [4.78, 5) is 0. The van der Waals surface area contributed by atoms with Crippen LogP contribution in [-0.4, -0.2) is 12.8 Å². The minimum atomic E-state index is 0.116. The highest BCUT2D eigenvalue weighted by Gasteiger charge is 2.49. The van der Waals surface area contributed by atoms with Crippen LogP contribution in [0.1, 0.15) is 30.9 Å². The Labute approximate surface area is 109 Å². The van der Waals surface area contributed by atoms with Crippen LogP contribution in [-0.2, 0) is 16.8 Å². The van der Waals surface area contributed by atoms with Crippen LogP contribution in [0.5, 0.6) is 5.75 Å². The van der Waals surface area contributed by atoms with Crippen LogP contribution >= 0.6 is 15.9 Å². The molecule has 0 saturated heterocycles. The standard InChI is InChI=1S/C13H16BrNO2/c1-8(15)13(2-3-13)11-5-10(14)4-9-6-16-7-17-12(9)11/h4-5,8H,2-3,6-7,15H2,1H3. The molecule has 3 rings (SSSR count). The third-order valence-electron chi connectivity index (χ3n) is 3.87. The molecule has 1 aromatic carbocycles. The first-order valence-electron chi connectivity index (χ1n) is 5.92. The quantitative estimate of drug-likeness (QED) is 0.913. The van der Waals surface area contributed by atoms with Crippen molar-refractivity contribution < 1.29 is 9.47 Å². The minimum absolute atomic E-state index is 0.116. The Bertz CT molecular complexity index is 455. The Morgan fingerprint density at radius 2 is 2.18 bits per heavy atom. The van der Waals surface area contributed by atoms with Crippen molar-refractivity contribution in [2.45, 2.75) is 37.8 Å². The number of rotatable bonds is 2. The first-order chi connectivity index (χ1) is 8.13. The molecule has 1 fully saturated rings. The number of nitrogens with two attached hydrogens (primary N) is 1. The largest absolute Gasteiger partial charge is 0.467 e. The summed E-state index contributed by atoms with van der Waals surface area (Å²) in [6.45, 7) is 3.05. The molecule has 0 radical (unpaired) electrons. The van der Waals surface area contributed by atoms with Gasteiger partial charge in [-0.1, -0.05) is 15.9 Å². The number of ether oxygens (including phenoxy) is 2. The molecule has 1 aromatic rings. The fourth-order valence-corrected chi connectivity index (χ4v) is 3.16. The van der Waals surface area contributed by atoms with Crippen LogP contribution in [0, 0.1) is 0 Å². The molecule has 1 saturated carbocycles. The molecule has 1 aliphatic heterocycles. The molecule has 1 aliphatic carbocycles. The van der Waals surface area contributed by atoms with Crippen molar-refractivity contribution in [3.63, 3.8) is 0 Å². The maximum atomic E-state index is 6.15. The molecule has 17 heavy (non-hydrogen) atoms. The summed E-state index contributed by atoms with van der Waals surface area (Å²) in [5.41, 5.74) is 8.63. The SMILES string of the molecule is CC(N)C1(c2cc(Br)cc3c2OCOC3)CC1. The monoisotopic (exact) mass is 297 g/mol. The highest BCUT2D eigenvalue weighted by Crippen LogP contribution is 2.54. The second-order valence-corrected chi connectivity index (χ2v) is 5.91. The fraction of sp³-hybridized carbons (Fsp3) is 0.538. The van der Waals surface area contributed by atoms with Crippen molar-refractivity contribution >= 4 is 15.9 Å². The molecule has 4 heteroatoms. The van der Waals surface area contributed by atoms with Gasteiger partial charge in [-0.2, -0.15) is 0 Å². The van der Waals surface area contributed by atoms with E-state index in [0.29, 0.717) is 13.4 Å². The van der Waals surface area contributed by atoms with E-state index in [9.17, 15) is 0 Å². The van der Waals surface area contributed by atoms with Gasteiger partial charge in [0, 0.05) is 27.1 Å². The van der Waals surface area contributed by atoms with E-state index in [1.807, 2.05) is 0 Å². The van der Waals surface area contributed by atoms with E-state index >= 15 is 0 Å². The van der Waals surface area contributed by atoms with E-state index in [1.165, 1.54) is 5.56 Å². The molecule has 92 valence electrons. The van der Waals surface area contributed by atoms with Gasteiger partial charge in [0.2, 0.25) is 0 Å². The van der Waals surface area contributed by atoms with E-state index in [-0.39, 0.29) is 11.5 Å². The van der Waals surface area contributed by atoms with E-state index in [1.54, 1.807) is 0 Å². The minimum Gasteiger partial charge on any atom is -0.467 e. The predicted octanol–water partition coefficient (Wildman–Crippen LogP) is 2.69. The van der Waals surface area contributed by atoms with Gasteiger partial charge in [-0.3, -0.25) is 0 Å². The summed E-state index contributed by atoms with van der Waals surface area (Å²) in [7, 11) is 0. The summed E-state index contributed by atoms with van der Waals surface area (Å²) >= 11 is 3.56. The Hall–Kier alpha value is -0.580. The van der Waals surface area contributed by atoms with Gasteiger partial charge in [-0.25, -0.2) is 0 Å². The average molecular weight is 298 g/mol. The third kappa shape index (κ3) is 1.79. The van der Waals surface area contributed by atoms with Gasteiger partial charge in [0.25, 0.3) is 0 Å². The molecule has 0 bridgehead atoms. The first-order valence-corrected chi connectivity index (χ1v) is 6.72. The van der Waals surface area contributed by atoms with Gasteiger partial charge >= 0.3 is 0 Å². The zero-order valence-electron chi connectivity index (χ0n) is 9.83. The van der Waals surface area contributed by atoms with Gasteiger partial charge in [0.1, 0.15) is 5.75 Å². The highest BCUT2D eigenvalue weighted by atomic mass is 79.9. The molecule has 0 amide bonds. The Kier molecular flexibility index (Phi) is 2.69. The number of hydrogen-bond acceptors (Lipinski definition) is 3. The Morgan fingerprint density at radius 1 is 1.41 bits per heavy atom. The van der Waals surface area contributed by atoms with E-state index < -0.39 is 0 Å². The molecule has 1 heterocycles. The normalized spacial score (nSPS) is 22.5. The van der Waals surface area contributed by atoms with Gasteiger partial charge in [-0.15, -0.1) is 0 Å². The summed E-state index contributed by atoms with van der Waals surface area (Å²) in [6, 6.07) is 4.38. The molecule has 2 aliphatic rings. The fourth-order valence-electron chi connectivity index (χ4n) is 2.65. The summed E-state index contributed by atoms with van der Waals surface area (Å²) in [5.74, 6) is 0.995.